The highest BCUT2D eigenvalue weighted by molar-refractivity contribution is 6.30. The number of aromatic amines is 1. The number of H-pyrrole nitrogens is 1. The molecule has 2 aromatic rings. The van der Waals surface area contributed by atoms with Gasteiger partial charge in [0.05, 0.1) is 5.54 Å². The summed E-state index contributed by atoms with van der Waals surface area (Å²) in [6.45, 7) is 6.53. The van der Waals surface area contributed by atoms with Gasteiger partial charge in [0.15, 0.2) is 5.69 Å². The predicted molar refractivity (Wildman–Crippen MR) is 99.4 cm³/mol. The van der Waals surface area contributed by atoms with Crippen LogP contribution in [-0.2, 0) is 12.8 Å². The molecule has 4 rings (SSSR count). The van der Waals surface area contributed by atoms with Gasteiger partial charge in [-0.25, -0.2) is 0 Å². The summed E-state index contributed by atoms with van der Waals surface area (Å²) in [5.41, 5.74) is 3.77. The zero-order valence-corrected chi connectivity index (χ0v) is 15.4. The summed E-state index contributed by atoms with van der Waals surface area (Å²) >= 11 is 5.99. The number of hydrogen-bond acceptors (Lipinski definition) is 3. The molecule has 6 heteroatoms. The van der Waals surface area contributed by atoms with E-state index in [9.17, 15) is 4.79 Å². The number of carbonyl (C=O) groups excluding carboxylic acids is 1. The maximum atomic E-state index is 13.1. The Kier molecular flexibility index (Phi) is 3.99. The number of anilines is 1. The molecule has 0 atom stereocenters. The van der Waals surface area contributed by atoms with E-state index in [4.69, 9.17) is 11.6 Å². The zero-order chi connectivity index (χ0) is 17.6. The first kappa shape index (κ1) is 16.5. The second kappa shape index (κ2) is 6.06. The Hall–Kier alpha value is -2.01. The Labute approximate surface area is 153 Å². The average Bonchev–Trinajstić information content (AvgIpc) is 3.17. The number of nitrogens with zero attached hydrogens (tertiary/aromatic N) is 3. The number of halogens is 1. The third kappa shape index (κ3) is 2.91. The topological polar surface area (TPSA) is 52.2 Å². The maximum Gasteiger partial charge on any atom is 0.275 e. The van der Waals surface area contributed by atoms with Gasteiger partial charge in [-0.1, -0.05) is 11.6 Å². The molecule has 1 fully saturated rings. The smallest absolute Gasteiger partial charge is 0.275 e. The summed E-state index contributed by atoms with van der Waals surface area (Å²) < 4.78 is 0. The van der Waals surface area contributed by atoms with E-state index in [-0.39, 0.29) is 11.4 Å². The summed E-state index contributed by atoms with van der Waals surface area (Å²) in [6.07, 6.45) is 3.07. The lowest BCUT2D eigenvalue weighted by atomic mass is 9.97. The summed E-state index contributed by atoms with van der Waals surface area (Å²) in [5, 5.41) is 8.11. The van der Waals surface area contributed by atoms with Gasteiger partial charge in [0.2, 0.25) is 0 Å². The summed E-state index contributed by atoms with van der Waals surface area (Å²) in [5.74, 6) is 0.0557. The van der Waals surface area contributed by atoms with Crippen LogP contribution in [-0.4, -0.2) is 46.2 Å². The molecule has 132 valence electrons. The molecule has 1 N–H and O–H groups in total. The molecule has 0 spiro atoms. The number of aryl methyl sites for hydroxylation is 1. The number of hydrogen-bond donors (Lipinski definition) is 1. The van der Waals surface area contributed by atoms with Crippen LogP contribution < -0.4 is 4.90 Å². The minimum atomic E-state index is -0.264. The molecule has 1 aromatic carbocycles. The van der Waals surface area contributed by atoms with Gasteiger partial charge < -0.3 is 9.80 Å². The Morgan fingerprint density at radius 3 is 2.68 bits per heavy atom. The molecule has 1 aliphatic carbocycles. The molecule has 25 heavy (non-hydrogen) atoms. The highest BCUT2D eigenvalue weighted by Crippen LogP contribution is 2.30. The number of aromatic nitrogens is 2. The van der Waals surface area contributed by atoms with E-state index >= 15 is 0 Å². The lowest BCUT2D eigenvalue weighted by Gasteiger charge is -2.47. The lowest BCUT2D eigenvalue weighted by Crippen LogP contribution is -2.61. The number of piperazine rings is 1. The van der Waals surface area contributed by atoms with Gasteiger partial charge in [0.1, 0.15) is 0 Å². The summed E-state index contributed by atoms with van der Waals surface area (Å²) in [4.78, 5) is 17.4. The van der Waals surface area contributed by atoms with Crippen molar-refractivity contribution in [2.24, 2.45) is 0 Å². The van der Waals surface area contributed by atoms with Crippen LogP contribution in [0.25, 0.3) is 0 Å². The molecule has 1 amide bonds. The number of rotatable bonds is 2. The van der Waals surface area contributed by atoms with Crippen molar-refractivity contribution < 1.29 is 4.79 Å². The zero-order valence-electron chi connectivity index (χ0n) is 14.7. The summed E-state index contributed by atoms with van der Waals surface area (Å²) in [6, 6.07) is 7.90. The van der Waals surface area contributed by atoms with Crippen molar-refractivity contribution in [3.63, 3.8) is 0 Å². The Morgan fingerprint density at radius 2 is 1.96 bits per heavy atom. The van der Waals surface area contributed by atoms with Crippen molar-refractivity contribution in [2.75, 3.05) is 24.5 Å². The Balaban J connectivity index is 1.54. The summed E-state index contributed by atoms with van der Waals surface area (Å²) in [7, 11) is 0. The monoisotopic (exact) mass is 358 g/mol. The molecule has 1 aliphatic heterocycles. The van der Waals surface area contributed by atoms with Gasteiger partial charge in [-0.2, -0.15) is 5.10 Å². The van der Waals surface area contributed by atoms with Crippen molar-refractivity contribution in [1.29, 1.82) is 0 Å². The second-order valence-electron chi connectivity index (χ2n) is 7.55. The highest BCUT2D eigenvalue weighted by atomic mass is 35.5. The molecule has 0 bridgehead atoms. The van der Waals surface area contributed by atoms with E-state index < -0.39 is 0 Å². The molecule has 5 nitrogen and oxygen atoms in total. The number of nitrogens with one attached hydrogen (secondary N) is 1. The van der Waals surface area contributed by atoms with Gasteiger partial charge in [-0.3, -0.25) is 9.89 Å². The highest BCUT2D eigenvalue weighted by Gasteiger charge is 2.39. The van der Waals surface area contributed by atoms with Gasteiger partial charge in [-0.15, -0.1) is 0 Å². The molecule has 2 aliphatic rings. The van der Waals surface area contributed by atoms with Gasteiger partial charge in [0.25, 0.3) is 5.91 Å². The van der Waals surface area contributed by atoms with Crippen molar-refractivity contribution >= 4 is 23.2 Å². The molecule has 1 saturated heterocycles. The minimum absolute atomic E-state index is 0.0557. The van der Waals surface area contributed by atoms with Crippen molar-refractivity contribution in [3.05, 3.63) is 46.2 Å². The SMILES string of the molecule is CC1(C)CN(c2ccc(Cl)cc2)CCN1C(=O)c1n[nH]c2c1CCC2. The molecule has 0 saturated carbocycles. The fourth-order valence-corrected chi connectivity index (χ4v) is 4.15. The first-order valence-electron chi connectivity index (χ1n) is 8.84. The molecule has 0 radical (unpaired) electrons. The third-order valence-electron chi connectivity index (χ3n) is 5.35. The largest absolute Gasteiger partial charge is 0.367 e. The van der Waals surface area contributed by atoms with Gasteiger partial charge in [0, 0.05) is 41.6 Å². The maximum absolute atomic E-state index is 13.1. The standard InChI is InChI=1S/C19H23ClN4O/c1-19(2)12-23(14-8-6-13(20)7-9-14)10-11-24(19)18(25)17-15-4-3-5-16(15)21-22-17/h6-9H,3-5,10-12H2,1-2H3,(H,21,22). The third-order valence-corrected chi connectivity index (χ3v) is 5.60. The van der Waals surface area contributed by atoms with Gasteiger partial charge in [-0.05, 0) is 57.4 Å². The van der Waals surface area contributed by atoms with Crippen molar-refractivity contribution in [1.82, 2.24) is 15.1 Å². The fourth-order valence-electron chi connectivity index (χ4n) is 4.03. The van der Waals surface area contributed by atoms with E-state index in [1.165, 1.54) is 0 Å². The van der Waals surface area contributed by atoms with E-state index in [0.717, 1.165) is 54.3 Å². The quantitative estimate of drug-likeness (QED) is 0.896. The molecular formula is C19H23ClN4O. The molecule has 0 unspecified atom stereocenters. The van der Waals surface area contributed by atoms with E-state index in [1.807, 2.05) is 29.2 Å². The van der Waals surface area contributed by atoms with E-state index in [2.05, 4.69) is 28.9 Å². The van der Waals surface area contributed by atoms with Crippen molar-refractivity contribution in [3.8, 4) is 0 Å². The first-order valence-corrected chi connectivity index (χ1v) is 9.22. The van der Waals surface area contributed by atoms with Crippen LogP contribution in [0.15, 0.2) is 24.3 Å². The second-order valence-corrected chi connectivity index (χ2v) is 7.99. The lowest BCUT2D eigenvalue weighted by molar-refractivity contribution is 0.0507. The van der Waals surface area contributed by atoms with Crippen LogP contribution in [0.5, 0.6) is 0 Å². The molecular weight excluding hydrogens is 336 g/mol. The first-order chi connectivity index (χ1) is 12.0. The Morgan fingerprint density at radius 1 is 1.20 bits per heavy atom. The molecule has 2 heterocycles. The van der Waals surface area contributed by atoms with Crippen LogP contribution in [0.4, 0.5) is 5.69 Å². The minimum Gasteiger partial charge on any atom is -0.367 e. The van der Waals surface area contributed by atoms with Gasteiger partial charge >= 0.3 is 0 Å². The number of fused-ring (bicyclic) bond motifs is 1. The van der Waals surface area contributed by atoms with Crippen LogP contribution >= 0.6 is 11.6 Å². The number of amides is 1. The average molecular weight is 359 g/mol. The number of carbonyl (C=O) groups is 1. The van der Waals surface area contributed by atoms with Crippen molar-refractivity contribution in [2.45, 2.75) is 38.6 Å². The van der Waals surface area contributed by atoms with Crippen LogP contribution in [0, 0.1) is 0 Å². The Bertz CT molecular complexity index is 796. The van der Waals surface area contributed by atoms with Crippen LogP contribution in [0.2, 0.25) is 5.02 Å². The normalized spacial score (nSPS) is 19.2. The van der Waals surface area contributed by atoms with E-state index in [1.54, 1.807) is 0 Å². The van der Waals surface area contributed by atoms with Crippen LogP contribution in [0.3, 0.4) is 0 Å². The molecule has 1 aromatic heterocycles. The predicted octanol–water partition coefficient (Wildman–Crippen LogP) is 3.29. The fraction of sp³-hybridized carbons (Fsp3) is 0.474. The van der Waals surface area contributed by atoms with Crippen LogP contribution in [0.1, 0.15) is 42.0 Å². The van der Waals surface area contributed by atoms with E-state index in [0.29, 0.717) is 12.2 Å². The number of benzene rings is 1.